The van der Waals surface area contributed by atoms with Gasteiger partial charge in [-0.3, -0.25) is 4.57 Å². The maximum absolute atomic E-state index is 4.77. The van der Waals surface area contributed by atoms with E-state index in [0.29, 0.717) is 12.3 Å². The van der Waals surface area contributed by atoms with Gasteiger partial charge >= 0.3 is 0 Å². The zero-order valence-electron chi connectivity index (χ0n) is 15.0. The zero-order valence-corrected chi connectivity index (χ0v) is 15.9. The summed E-state index contributed by atoms with van der Waals surface area (Å²) in [5.74, 6) is 1.53. The minimum absolute atomic E-state index is 0.655. The van der Waals surface area contributed by atoms with Gasteiger partial charge in [0.15, 0.2) is 11.0 Å². The van der Waals surface area contributed by atoms with Gasteiger partial charge in [0.05, 0.1) is 22.4 Å². The zero-order chi connectivity index (χ0) is 18.6. The molecule has 0 fully saturated rings. The molecule has 0 aliphatic heterocycles. The monoisotopic (exact) mass is 373 g/mol. The summed E-state index contributed by atoms with van der Waals surface area (Å²) in [5, 5.41) is 9.65. The average Bonchev–Trinajstić information content (AvgIpc) is 3.10. The second-order valence-corrected chi connectivity index (χ2v) is 7.05. The summed E-state index contributed by atoms with van der Waals surface area (Å²) in [6.07, 6.45) is 1.86. The van der Waals surface area contributed by atoms with Crippen LogP contribution in [-0.4, -0.2) is 24.7 Å². The molecule has 4 aromatic rings. The number of benzene rings is 2. The Balaban J connectivity index is 1.62. The van der Waals surface area contributed by atoms with Crippen molar-refractivity contribution in [2.45, 2.75) is 24.4 Å². The highest BCUT2D eigenvalue weighted by Gasteiger charge is 2.14. The van der Waals surface area contributed by atoms with E-state index in [0.717, 1.165) is 39.0 Å². The minimum atomic E-state index is 0.655. The van der Waals surface area contributed by atoms with Gasteiger partial charge in [-0.2, -0.15) is 0 Å². The lowest BCUT2D eigenvalue weighted by Crippen LogP contribution is -2.02. The molecule has 134 valence electrons. The molecule has 2 aromatic carbocycles. The normalized spacial score (nSPS) is 11.0. The van der Waals surface area contributed by atoms with Gasteiger partial charge in [0.25, 0.3) is 0 Å². The molecule has 0 aliphatic rings. The highest BCUT2D eigenvalue weighted by Crippen LogP contribution is 2.27. The topological polar surface area (TPSA) is 56.5 Å². The number of rotatable bonds is 6. The Bertz CT molecular complexity index is 1090. The quantitative estimate of drug-likeness (QED) is 0.363. The fourth-order valence-electron chi connectivity index (χ4n) is 2.88. The molecule has 0 spiro atoms. The smallest absolute Gasteiger partial charge is 0.192 e. The number of allylic oxidation sites excluding steroid dienone is 1. The van der Waals surface area contributed by atoms with E-state index in [4.69, 9.17) is 4.98 Å². The highest BCUT2D eigenvalue weighted by atomic mass is 32.2. The molecule has 27 heavy (non-hydrogen) atoms. The van der Waals surface area contributed by atoms with Crippen LogP contribution < -0.4 is 0 Å². The highest BCUT2D eigenvalue weighted by molar-refractivity contribution is 7.98. The SMILES string of the molecule is C=CCn1c(SCc2nc3ccccc3nc2C)nnc1-c1ccccc1. The third-order valence-corrected chi connectivity index (χ3v) is 5.22. The van der Waals surface area contributed by atoms with Crippen LogP contribution in [0, 0.1) is 6.92 Å². The lowest BCUT2D eigenvalue weighted by Gasteiger charge is -2.09. The van der Waals surface area contributed by atoms with Crippen LogP contribution in [0.5, 0.6) is 0 Å². The number of fused-ring (bicyclic) bond motifs is 1. The van der Waals surface area contributed by atoms with Crippen LogP contribution >= 0.6 is 11.8 Å². The van der Waals surface area contributed by atoms with Crippen molar-refractivity contribution in [3.05, 3.63) is 78.6 Å². The van der Waals surface area contributed by atoms with Crippen molar-refractivity contribution in [2.24, 2.45) is 0 Å². The van der Waals surface area contributed by atoms with Gasteiger partial charge in [0.2, 0.25) is 0 Å². The summed E-state index contributed by atoms with van der Waals surface area (Å²) in [6, 6.07) is 18.0. The Kier molecular flexibility index (Phi) is 4.98. The molecule has 2 heterocycles. The van der Waals surface area contributed by atoms with Crippen LogP contribution in [0.25, 0.3) is 22.4 Å². The Hall–Kier alpha value is -2.99. The van der Waals surface area contributed by atoms with Gasteiger partial charge in [-0.15, -0.1) is 16.8 Å². The summed E-state index contributed by atoms with van der Waals surface area (Å²) >= 11 is 1.62. The van der Waals surface area contributed by atoms with Crippen LogP contribution in [0.3, 0.4) is 0 Å². The second kappa shape index (κ2) is 7.72. The Morgan fingerprint density at radius 3 is 2.41 bits per heavy atom. The molecule has 0 unspecified atom stereocenters. The first-order valence-electron chi connectivity index (χ1n) is 8.71. The Morgan fingerprint density at radius 1 is 0.963 bits per heavy atom. The molecular formula is C21H19N5S. The average molecular weight is 373 g/mol. The molecule has 2 aromatic heterocycles. The second-order valence-electron chi connectivity index (χ2n) is 6.10. The lowest BCUT2D eigenvalue weighted by molar-refractivity contribution is 0.731. The van der Waals surface area contributed by atoms with E-state index in [1.165, 1.54) is 0 Å². The van der Waals surface area contributed by atoms with Crippen molar-refractivity contribution in [3.8, 4) is 11.4 Å². The molecule has 0 saturated heterocycles. The largest absolute Gasteiger partial charge is 0.298 e. The first-order chi connectivity index (χ1) is 13.3. The third-order valence-electron chi connectivity index (χ3n) is 4.24. The standard InChI is InChI=1S/C21H19N5S/c1-3-13-26-20(16-9-5-4-6-10-16)24-25-21(26)27-14-19-15(2)22-17-11-7-8-12-18(17)23-19/h3-12H,1,13-14H2,2H3. The predicted octanol–water partition coefficient (Wildman–Crippen LogP) is 4.68. The number of nitrogens with zero attached hydrogens (tertiary/aromatic N) is 5. The van der Waals surface area contributed by atoms with Gasteiger partial charge in [0, 0.05) is 17.9 Å². The molecule has 5 nitrogen and oxygen atoms in total. The predicted molar refractivity (Wildman–Crippen MR) is 109 cm³/mol. The molecule has 0 bridgehead atoms. The fraction of sp³-hybridized carbons (Fsp3) is 0.143. The van der Waals surface area contributed by atoms with Crippen molar-refractivity contribution in [1.29, 1.82) is 0 Å². The summed E-state index contributed by atoms with van der Waals surface area (Å²) in [5.41, 5.74) is 4.79. The number of aromatic nitrogens is 5. The van der Waals surface area contributed by atoms with Gasteiger partial charge in [-0.25, -0.2) is 9.97 Å². The third kappa shape index (κ3) is 3.61. The summed E-state index contributed by atoms with van der Waals surface area (Å²) in [4.78, 5) is 9.43. The number of thioether (sulfide) groups is 1. The van der Waals surface area contributed by atoms with Crippen molar-refractivity contribution in [1.82, 2.24) is 24.7 Å². The van der Waals surface area contributed by atoms with E-state index in [9.17, 15) is 0 Å². The van der Waals surface area contributed by atoms with Crippen LogP contribution in [0.15, 0.2) is 72.4 Å². The number of para-hydroxylation sites is 2. The molecule has 0 atom stereocenters. The molecular weight excluding hydrogens is 354 g/mol. The number of aryl methyl sites for hydroxylation is 1. The molecule has 0 aliphatic carbocycles. The van der Waals surface area contributed by atoms with E-state index >= 15 is 0 Å². The van der Waals surface area contributed by atoms with E-state index < -0.39 is 0 Å². The van der Waals surface area contributed by atoms with E-state index in [1.807, 2.05) is 67.6 Å². The van der Waals surface area contributed by atoms with E-state index in [-0.39, 0.29) is 0 Å². The van der Waals surface area contributed by atoms with E-state index in [1.54, 1.807) is 11.8 Å². The van der Waals surface area contributed by atoms with Crippen molar-refractivity contribution in [2.75, 3.05) is 0 Å². The fourth-order valence-corrected chi connectivity index (χ4v) is 3.84. The van der Waals surface area contributed by atoms with Gasteiger partial charge in [-0.1, -0.05) is 60.3 Å². The van der Waals surface area contributed by atoms with Crippen LogP contribution in [0.4, 0.5) is 0 Å². The summed E-state index contributed by atoms with van der Waals surface area (Å²) < 4.78 is 2.08. The molecule has 0 saturated carbocycles. The summed E-state index contributed by atoms with van der Waals surface area (Å²) in [7, 11) is 0. The molecule has 0 radical (unpaired) electrons. The van der Waals surface area contributed by atoms with Crippen molar-refractivity contribution in [3.63, 3.8) is 0 Å². The maximum atomic E-state index is 4.77. The number of hydrogen-bond donors (Lipinski definition) is 0. The Labute approximate surface area is 162 Å². The van der Waals surface area contributed by atoms with Gasteiger partial charge in [-0.05, 0) is 19.1 Å². The van der Waals surface area contributed by atoms with Gasteiger partial charge < -0.3 is 0 Å². The van der Waals surface area contributed by atoms with Crippen molar-refractivity contribution >= 4 is 22.8 Å². The molecule has 0 N–H and O–H groups in total. The van der Waals surface area contributed by atoms with Crippen LogP contribution in [0.1, 0.15) is 11.4 Å². The van der Waals surface area contributed by atoms with Crippen LogP contribution in [-0.2, 0) is 12.3 Å². The molecule has 0 amide bonds. The first-order valence-corrected chi connectivity index (χ1v) is 9.69. The number of hydrogen-bond acceptors (Lipinski definition) is 5. The molecule has 4 rings (SSSR count). The lowest BCUT2D eigenvalue weighted by atomic mass is 10.2. The Morgan fingerprint density at radius 2 is 1.67 bits per heavy atom. The van der Waals surface area contributed by atoms with Crippen molar-refractivity contribution < 1.29 is 0 Å². The van der Waals surface area contributed by atoms with Gasteiger partial charge in [0.1, 0.15) is 0 Å². The molecule has 6 heteroatoms. The van der Waals surface area contributed by atoms with E-state index in [2.05, 4.69) is 26.3 Å². The maximum Gasteiger partial charge on any atom is 0.192 e. The first kappa shape index (κ1) is 17.4. The minimum Gasteiger partial charge on any atom is -0.298 e. The summed E-state index contributed by atoms with van der Waals surface area (Å²) in [6.45, 7) is 6.52. The van der Waals surface area contributed by atoms with Crippen LogP contribution in [0.2, 0.25) is 0 Å².